The molecule has 40 heavy (non-hydrogen) atoms. The Morgan fingerprint density at radius 2 is 1.85 bits per heavy atom. The molecule has 1 heterocycles. The van der Waals surface area contributed by atoms with Crippen molar-refractivity contribution >= 4 is 29.7 Å². The number of unbranched alkanes of at least 4 members (excludes halogenated alkanes) is 2. The lowest BCUT2D eigenvalue weighted by atomic mass is 10.0. The van der Waals surface area contributed by atoms with E-state index in [2.05, 4.69) is 29.2 Å². The predicted octanol–water partition coefficient (Wildman–Crippen LogP) is 3.74. The van der Waals surface area contributed by atoms with E-state index in [1.807, 2.05) is 51.1 Å². The highest BCUT2D eigenvalue weighted by atomic mass is 16.2. The van der Waals surface area contributed by atoms with Crippen molar-refractivity contribution in [2.24, 2.45) is 5.92 Å². The van der Waals surface area contributed by atoms with Crippen molar-refractivity contribution in [1.29, 1.82) is 0 Å². The molecule has 1 aliphatic rings. The van der Waals surface area contributed by atoms with Gasteiger partial charge in [0.05, 0.1) is 6.04 Å². The molecule has 0 spiro atoms. The molecule has 0 aliphatic carbocycles. The molecular weight excluding hydrogens is 506 g/mol. The van der Waals surface area contributed by atoms with Gasteiger partial charge >= 0.3 is 0 Å². The minimum Gasteiger partial charge on any atom is -0.348 e. The van der Waals surface area contributed by atoms with Crippen LogP contribution in [0.25, 0.3) is 6.08 Å². The van der Waals surface area contributed by atoms with Crippen LogP contribution in [0.2, 0.25) is 0 Å². The molecule has 1 aromatic rings. The highest BCUT2D eigenvalue weighted by Crippen LogP contribution is 2.17. The van der Waals surface area contributed by atoms with E-state index in [1.54, 1.807) is 20.0 Å². The minimum atomic E-state index is -0.834. The number of carbonyl (C=O) groups is 4. The standard InChI is InChI=1S/C31H47N5O4/c1-8-10-11-12-18-27(37)35(7)28(21(3)4)30(39)33-23(6)31(40)36-19-14-17-26(34-36)29(38)32-22(5)25-16-13-15-24(9-2)20-25/h8-9,13,15-16,20-23,26,28,34H,1-2,10-12,14,17-19H2,3-7H3,(H,32,38)(H,33,39). The third-order valence-corrected chi connectivity index (χ3v) is 7.26. The Bertz CT molecular complexity index is 1060. The average molecular weight is 554 g/mol. The van der Waals surface area contributed by atoms with Crippen LogP contribution >= 0.6 is 0 Å². The molecule has 1 saturated heterocycles. The number of allylic oxidation sites excluding steroid dienone is 1. The first-order valence-corrected chi connectivity index (χ1v) is 14.3. The molecule has 4 atom stereocenters. The smallest absolute Gasteiger partial charge is 0.258 e. The molecular formula is C31H47N5O4. The number of amides is 4. The second-order valence-electron chi connectivity index (χ2n) is 10.9. The van der Waals surface area contributed by atoms with Gasteiger partial charge in [0.15, 0.2) is 0 Å². The number of nitrogens with zero attached hydrogens (tertiary/aromatic N) is 2. The fourth-order valence-electron chi connectivity index (χ4n) is 4.90. The zero-order chi connectivity index (χ0) is 29.8. The number of benzene rings is 1. The van der Waals surface area contributed by atoms with Gasteiger partial charge in [-0.2, -0.15) is 0 Å². The number of carbonyl (C=O) groups excluding carboxylic acids is 4. The monoisotopic (exact) mass is 553 g/mol. The zero-order valence-corrected chi connectivity index (χ0v) is 24.7. The van der Waals surface area contributed by atoms with Crippen LogP contribution in [0.5, 0.6) is 0 Å². The van der Waals surface area contributed by atoms with Crippen molar-refractivity contribution in [3.8, 4) is 0 Å². The summed E-state index contributed by atoms with van der Waals surface area (Å²) in [6.45, 7) is 15.2. The van der Waals surface area contributed by atoms with Crippen LogP contribution < -0.4 is 16.1 Å². The van der Waals surface area contributed by atoms with Crippen LogP contribution in [-0.2, 0) is 19.2 Å². The maximum Gasteiger partial charge on any atom is 0.258 e. The normalized spacial score (nSPS) is 17.4. The topological polar surface area (TPSA) is 111 Å². The largest absolute Gasteiger partial charge is 0.348 e. The molecule has 0 saturated carbocycles. The van der Waals surface area contributed by atoms with Gasteiger partial charge in [-0.3, -0.25) is 24.2 Å². The van der Waals surface area contributed by atoms with E-state index in [1.165, 1.54) is 9.91 Å². The van der Waals surface area contributed by atoms with Gasteiger partial charge in [-0.15, -0.1) is 6.58 Å². The maximum absolute atomic E-state index is 13.2. The molecule has 9 nitrogen and oxygen atoms in total. The molecule has 9 heteroatoms. The summed E-state index contributed by atoms with van der Waals surface area (Å²) in [6, 6.07) is 5.48. The second-order valence-corrected chi connectivity index (χ2v) is 10.9. The Morgan fingerprint density at radius 3 is 2.50 bits per heavy atom. The van der Waals surface area contributed by atoms with Crippen molar-refractivity contribution < 1.29 is 19.2 Å². The van der Waals surface area contributed by atoms with Crippen LogP contribution in [0.1, 0.15) is 83.4 Å². The number of nitrogens with one attached hydrogen (secondary N) is 3. The number of hydrazine groups is 1. The van der Waals surface area contributed by atoms with Crippen LogP contribution in [0.15, 0.2) is 43.5 Å². The fourth-order valence-corrected chi connectivity index (χ4v) is 4.90. The Kier molecular flexibility index (Phi) is 13.1. The lowest BCUT2D eigenvalue weighted by molar-refractivity contribution is -0.145. The van der Waals surface area contributed by atoms with E-state index in [4.69, 9.17) is 0 Å². The zero-order valence-electron chi connectivity index (χ0n) is 24.7. The second kappa shape index (κ2) is 16.0. The van der Waals surface area contributed by atoms with Gasteiger partial charge < -0.3 is 15.5 Å². The Labute approximate surface area is 239 Å². The van der Waals surface area contributed by atoms with E-state index >= 15 is 0 Å². The summed E-state index contributed by atoms with van der Waals surface area (Å²) in [5.74, 6) is -1.15. The first-order chi connectivity index (χ1) is 19.0. The Hall–Kier alpha value is -3.46. The van der Waals surface area contributed by atoms with Crippen LogP contribution in [0.3, 0.4) is 0 Å². The summed E-state index contributed by atoms with van der Waals surface area (Å²) in [7, 11) is 1.64. The van der Waals surface area contributed by atoms with Crippen LogP contribution in [0, 0.1) is 5.92 Å². The molecule has 4 unspecified atom stereocenters. The molecule has 2 rings (SSSR count). The first kappa shape index (κ1) is 32.8. The fraction of sp³-hybridized carbons (Fsp3) is 0.548. The third-order valence-electron chi connectivity index (χ3n) is 7.26. The molecule has 1 fully saturated rings. The summed E-state index contributed by atoms with van der Waals surface area (Å²) in [5, 5.41) is 7.23. The highest BCUT2D eigenvalue weighted by molar-refractivity contribution is 5.92. The molecule has 220 valence electrons. The first-order valence-electron chi connectivity index (χ1n) is 14.3. The summed E-state index contributed by atoms with van der Waals surface area (Å²) in [4.78, 5) is 53.7. The van der Waals surface area contributed by atoms with E-state index in [9.17, 15) is 19.2 Å². The molecule has 1 aliphatic heterocycles. The summed E-state index contributed by atoms with van der Waals surface area (Å²) >= 11 is 0. The average Bonchev–Trinajstić information content (AvgIpc) is 2.94. The summed E-state index contributed by atoms with van der Waals surface area (Å²) in [6.07, 6.45) is 7.62. The molecule has 1 aromatic carbocycles. The molecule has 3 N–H and O–H groups in total. The van der Waals surface area contributed by atoms with Crippen molar-refractivity contribution in [3.63, 3.8) is 0 Å². The molecule has 0 aromatic heterocycles. The summed E-state index contributed by atoms with van der Waals surface area (Å²) in [5.41, 5.74) is 4.98. The SMILES string of the molecule is C=CCCCCC(=O)N(C)C(C(=O)NC(C)C(=O)N1CCCC(C(=O)NC(C)c2cccc(C=C)c2)N1)C(C)C. The van der Waals surface area contributed by atoms with Crippen molar-refractivity contribution in [2.75, 3.05) is 13.6 Å². The van der Waals surface area contributed by atoms with Crippen molar-refractivity contribution in [3.05, 3.63) is 54.6 Å². The Morgan fingerprint density at radius 1 is 1.12 bits per heavy atom. The number of hydrogen-bond donors (Lipinski definition) is 3. The van der Waals surface area contributed by atoms with Crippen LogP contribution in [0.4, 0.5) is 0 Å². The van der Waals surface area contributed by atoms with Crippen LogP contribution in [-0.4, -0.2) is 65.3 Å². The molecule has 0 bridgehead atoms. The van der Waals surface area contributed by atoms with E-state index < -0.39 is 18.1 Å². The number of likely N-dealkylation sites (N-methyl/N-ethyl adjacent to an activating group) is 1. The lowest BCUT2D eigenvalue weighted by Gasteiger charge is -2.36. The van der Waals surface area contributed by atoms with Gasteiger partial charge in [-0.05, 0) is 69.1 Å². The van der Waals surface area contributed by atoms with Crippen molar-refractivity contribution in [2.45, 2.75) is 90.4 Å². The minimum absolute atomic E-state index is 0.103. The number of rotatable bonds is 14. The van der Waals surface area contributed by atoms with Gasteiger partial charge in [0.1, 0.15) is 18.1 Å². The van der Waals surface area contributed by atoms with Gasteiger partial charge in [0, 0.05) is 20.0 Å². The third kappa shape index (κ3) is 9.33. The molecule has 0 radical (unpaired) electrons. The van der Waals surface area contributed by atoms with E-state index in [0.29, 0.717) is 25.8 Å². The highest BCUT2D eigenvalue weighted by Gasteiger charge is 2.34. The maximum atomic E-state index is 13.2. The van der Waals surface area contributed by atoms with Gasteiger partial charge in [-0.25, -0.2) is 5.43 Å². The Balaban J connectivity index is 1.96. The van der Waals surface area contributed by atoms with Gasteiger partial charge in [0.2, 0.25) is 17.7 Å². The van der Waals surface area contributed by atoms with Crippen molar-refractivity contribution in [1.82, 2.24) is 26.0 Å². The lowest BCUT2D eigenvalue weighted by Crippen LogP contribution is -2.62. The quantitative estimate of drug-likeness (QED) is 0.240. The predicted molar refractivity (Wildman–Crippen MR) is 159 cm³/mol. The van der Waals surface area contributed by atoms with Gasteiger partial charge in [0.25, 0.3) is 5.91 Å². The molecule has 4 amide bonds. The van der Waals surface area contributed by atoms with E-state index in [-0.39, 0.29) is 35.6 Å². The van der Waals surface area contributed by atoms with Gasteiger partial charge in [-0.1, -0.05) is 50.8 Å². The number of hydrogen-bond acceptors (Lipinski definition) is 5. The van der Waals surface area contributed by atoms with E-state index in [0.717, 1.165) is 30.4 Å². The summed E-state index contributed by atoms with van der Waals surface area (Å²) < 4.78 is 0.